The molecule has 0 aliphatic heterocycles. The van der Waals surface area contributed by atoms with E-state index in [-0.39, 0.29) is 5.41 Å². The third-order valence-electron chi connectivity index (χ3n) is 11.8. The molecule has 9 heteroatoms. The van der Waals surface area contributed by atoms with Gasteiger partial charge in [-0.05, 0) is 114 Å². The second kappa shape index (κ2) is 16.8. The molecule has 0 fully saturated rings. The first-order valence-electron chi connectivity index (χ1n) is 22.0. The average molecular weight is 857 g/mol. The Bertz CT molecular complexity index is 3280. The molecule has 0 N–H and O–H groups in total. The maximum absolute atomic E-state index is 5.28. The molecule has 0 unspecified atom stereocenters. The Morgan fingerprint density at radius 1 is 0.379 bits per heavy atom. The van der Waals surface area contributed by atoms with Crippen molar-refractivity contribution >= 4 is 33.1 Å². The molecule has 12 aromatic rings. The second-order valence-corrected chi connectivity index (χ2v) is 17.2. The maximum Gasteiger partial charge on any atom is 0.247 e. The Balaban J connectivity index is 0.000000273. The van der Waals surface area contributed by atoms with Crippen LogP contribution in [0.5, 0.6) is 0 Å². The van der Waals surface area contributed by atoms with Crippen LogP contribution in [-0.2, 0) is 5.41 Å². The second-order valence-electron chi connectivity index (χ2n) is 17.2. The van der Waals surface area contributed by atoms with Crippen LogP contribution in [0.2, 0.25) is 0 Å². The van der Waals surface area contributed by atoms with Crippen LogP contribution in [0.3, 0.4) is 0 Å². The highest BCUT2D eigenvalue weighted by molar-refractivity contribution is 5.90. The largest absolute Gasteiger partial charge is 0.423 e. The van der Waals surface area contributed by atoms with E-state index in [1.807, 2.05) is 48.5 Å². The van der Waals surface area contributed by atoms with Crippen molar-refractivity contribution in [2.45, 2.75) is 26.2 Å². The number of hydrogen-bond acceptors (Lipinski definition) is 6. The molecule has 0 aliphatic carbocycles. The lowest BCUT2D eigenvalue weighted by Gasteiger charge is -2.18. The lowest BCUT2D eigenvalue weighted by molar-refractivity contribution is 0.568. The van der Waals surface area contributed by atoms with Gasteiger partial charge in [-0.15, -0.1) is 10.2 Å². The van der Waals surface area contributed by atoms with Crippen molar-refractivity contribution in [2.75, 3.05) is 0 Å². The summed E-state index contributed by atoms with van der Waals surface area (Å²) in [7, 11) is 0. The molecule has 0 amide bonds. The van der Waals surface area contributed by atoms with Gasteiger partial charge in [-0.1, -0.05) is 124 Å². The molecule has 8 aromatic carbocycles. The van der Waals surface area contributed by atoms with E-state index in [1.165, 1.54) is 12.0 Å². The topological polar surface area (TPSA) is 92.4 Å². The molecule has 9 nitrogen and oxygen atoms in total. The van der Waals surface area contributed by atoms with E-state index in [9.17, 15) is 0 Å². The number of benzene rings is 8. The number of hydrogen-bond donors (Lipinski definition) is 0. The molecule has 4 aromatic heterocycles. The van der Waals surface area contributed by atoms with Crippen LogP contribution in [0.15, 0.2) is 217 Å². The third kappa shape index (κ3) is 7.52. The molecule has 66 heavy (non-hydrogen) atoms. The van der Waals surface area contributed by atoms with Gasteiger partial charge in [0.2, 0.25) is 12.3 Å². The zero-order chi connectivity index (χ0) is 44.6. The fourth-order valence-electron chi connectivity index (χ4n) is 8.60. The predicted molar refractivity (Wildman–Crippen MR) is 265 cm³/mol. The molecule has 0 saturated heterocycles. The summed E-state index contributed by atoms with van der Waals surface area (Å²) >= 11 is 0. The first kappa shape index (κ1) is 40.1. The standard InChI is InChI=1S/C45H30N6.C12H14N2O/c1-4-16-34(17-5-1)49-40-25-13-10-22-37(40)46-43(49)31-28-32(44-47-38-23-11-14-26-41(38)50(44)35-18-6-2-7-19-35)30-33(29-31)45-48-39-24-12-15-27-42(39)51(45)36-20-8-3-9-21-36;1-12(2,3)10-6-4-9(5-7-10)11-14-13-8-15-11/h1-30H;4-8H,1-3H3. The van der Waals surface area contributed by atoms with Crippen LogP contribution in [0.4, 0.5) is 0 Å². The molecular weight excluding hydrogens is 813 g/mol. The van der Waals surface area contributed by atoms with Crippen LogP contribution < -0.4 is 0 Å². The van der Waals surface area contributed by atoms with Crippen molar-refractivity contribution in [3.8, 4) is 62.7 Å². The highest BCUT2D eigenvalue weighted by Crippen LogP contribution is 2.39. The van der Waals surface area contributed by atoms with Gasteiger partial charge in [-0.3, -0.25) is 13.7 Å². The number of imidazole rings is 3. The number of nitrogens with zero attached hydrogens (tertiary/aromatic N) is 8. The zero-order valence-corrected chi connectivity index (χ0v) is 36.7. The summed E-state index contributed by atoms with van der Waals surface area (Å²) in [4.78, 5) is 15.9. The number of para-hydroxylation sites is 9. The molecule has 4 heterocycles. The van der Waals surface area contributed by atoms with E-state index in [0.29, 0.717) is 5.89 Å². The van der Waals surface area contributed by atoms with Gasteiger partial charge < -0.3 is 4.42 Å². The Morgan fingerprint density at radius 2 is 0.727 bits per heavy atom. The lowest BCUT2D eigenvalue weighted by Crippen LogP contribution is -2.10. The minimum atomic E-state index is 0.174. The van der Waals surface area contributed by atoms with Crippen molar-refractivity contribution in [3.05, 3.63) is 218 Å². The fraction of sp³-hybridized carbons (Fsp3) is 0.0702. The van der Waals surface area contributed by atoms with Crippen LogP contribution in [0.1, 0.15) is 26.3 Å². The number of rotatable bonds is 7. The summed E-state index contributed by atoms with van der Waals surface area (Å²) in [6.07, 6.45) is 1.34. The molecule has 0 saturated carbocycles. The molecule has 0 spiro atoms. The summed E-state index contributed by atoms with van der Waals surface area (Å²) in [5.41, 5.74) is 14.3. The van der Waals surface area contributed by atoms with Crippen LogP contribution in [0, 0.1) is 0 Å². The molecule has 0 aliphatic rings. The average Bonchev–Trinajstić information content (AvgIpc) is 4.19. The summed E-state index contributed by atoms with van der Waals surface area (Å²) < 4.78 is 11.9. The quantitative estimate of drug-likeness (QED) is 0.158. The summed E-state index contributed by atoms with van der Waals surface area (Å²) in [6.45, 7) is 6.57. The predicted octanol–water partition coefficient (Wildman–Crippen LogP) is 13.7. The zero-order valence-electron chi connectivity index (χ0n) is 36.7. The van der Waals surface area contributed by atoms with Gasteiger partial charge in [0, 0.05) is 39.3 Å². The minimum absolute atomic E-state index is 0.174. The van der Waals surface area contributed by atoms with Crippen LogP contribution in [0.25, 0.3) is 95.8 Å². The van der Waals surface area contributed by atoms with Crippen molar-refractivity contribution in [2.24, 2.45) is 0 Å². The Hall–Kier alpha value is -8.69. The Kier molecular flexibility index (Phi) is 10.2. The van der Waals surface area contributed by atoms with Gasteiger partial charge in [0.1, 0.15) is 17.5 Å². The van der Waals surface area contributed by atoms with Crippen molar-refractivity contribution < 1.29 is 4.42 Å². The van der Waals surface area contributed by atoms with E-state index in [0.717, 1.165) is 89.9 Å². The summed E-state index contributed by atoms with van der Waals surface area (Å²) in [5, 5.41) is 7.51. The summed E-state index contributed by atoms with van der Waals surface area (Å²) in [5.74, 6) is 3.09. The number of fused-ring (bicyclic) bond motifs is 3. The maximum atomic E-state index is 5.28. The molecule has 12 rings (SSSR count). The fourth-order valence-corrected chi connectivity index (χ4v) is 8.60. The smallest absolute Gasteiger partial charge is 0.247 e. The molecular formula is C57H44N8O. The highest BCUT2D eigenvalue weighted by Gasteiger charge is 2.23. The normalized spacial score (nSPS) is 11.6. The van der Waals surface area contributed by atoms with E-state index in [2.05, 4.69) is 202 Å². The van der Waals surface area contributed by atoms with E-state index < -0.39 is 0 Å². The molecule has 0 radical (unpaired) electrons. The first-order chi connectivity index (χ1) is 32.4. The van der Waals surface area contributed by atoms with Gasteiger partial charge in [0.15, 0.2) is 0 Å². The minimum Gasteiger partial charge on any atom is -0.423 e. The SMILES string of the molecule is CC(C)(C)c1ccc(-c2nnco2)cc1.c1ccc(-n2c(-c3cc(-c4nc5ccccc5n4-c4ccccc4)cc(-c4nc5ccccc5n4-c4ccccc4)c3)nc3ccccc32)cc1. The van der Waals surface area contributed by atoms with Crippen molar-refractivity contribution in [1.29, 1.82) is 0 Å². The van der Waals surface area contributed by atoms with E-state index in [1.54, 1.807) is 0 Å². The highest BCUT2D eigenvalue weighted by atomic mass is 16.4. The van der Waals surface area contributed by atoms with Gasteiger partial charge in [0.25, 0.3) is 0 Å². The Morgan fingerprint density at radius 3 is 1.06 bits per heavy atom. The third-order valence-corrected chi connectivity index (χ3v) is 11.8. The van der Waals surface area contributed by atoms with E-state index in [4.69, 9.17) is 19.4 Å². The first-order valence-corrected chi connectivity index (χ1v) is 22.0. The Labute approximate surface area is 382 Å². The van der Waals surface area contributed by atoms with Crippen LogP contribution in [-0.4, -0.2) is 38.9 Å². The van der Waals surface area contributed by atoms with Crippen molar-refractivity contribution in [3.63, 3.8) is 0 Å². The number of aromatic nitrogens is 8. The summed E-state index contributed by atoms with van der Waals surface area (Å²) in [6, 6.07) is 71.2. The molecule has 0 atom stereocenters. The van der Waals surface area contributed by atoms with Gasteiger partial charge in [-0.2, -0.15) is 0 Å². The van der Waals surface area contributed by atoms with Gasteiger partial charge >= 0.3 is 0 Å². The molecule has 318 valence electrons. The monoisotopic (exact) mass is 856 g/mol. The van der Waals surface area contributed by atoms with E-state index >= 15 is 0 Å². The van der Waals surface area contributed by atoms with Crippen LogP contribution >= 0.6 is 0 Å². The van der Waals surface area contributed by atoms with Gasteiger partial charge in [-0.25, -0.2) is 15.0 Å². The van der Waals surface area contributed by atoms with Crippen molar-refractivity contribution in [1.82, 2.24) is 38.9 Å². The molecule has 0 bridgehead atoms. The lowest BCUT2D eigenvalue weighted by atomic mass is 9.87. The van der Waals surface area contributed by atoms with Gasteiger partial charge in [0.05, 0.1) is 33.1 Å².